The SMILES string of the molecule is N#Cc1cc(F)ccc1-c1cccc2c1CN(C#N)C2. The molecule has 0 fully saturated rings. The van der Waals surface area contributed by atoms with Crippen LogP contribution in [0.3, 0.4) is 0 Å². The van der Waals surface area contributed by atoms with Gasteiger partial charge in [0.15, 0.2) is 6.19 Å². The number of benzene rings is 2. The van der Waals surface area contributed by atoms with Crippen LogP contribution in [0.15, 0.2) is 36.4 Å². The summed E-state index contributed by atoms with van der Waals surface area (Å²) >= 11 is 0. The summed E-state index contributed by atoms with van der Waals surface area (Å²) in [6, 6.07) is 12.0. The smallest absolute Gasteiger partial charge is 0.179 e. The highest BCUT2D eigenvalue weighted by atomic mass is 19.1. The van der Waals surface area contributed by atoms with Gasteiger partial charge in [0.05, 0.1) is 24.7 Å². The molecule has 4 heteroatoms. The van der Waals surface area contributed by atoms with Crippen molar-refractivity contribution in [2.45, 2.75) is 13.1 Å². The Bertz CT molecular complexity index is 768. The van der Waals surface area contributed by atoms with Crippen molar-refractivity contribution in [1.82, 2.24) is 4.90 Å². The Hall–Kier alpha value is -2.85. The molecule has 1 aliphatic rings. The summed E-state index contributed by atoms with van der Waals surface area (Å²) in [6.45, 7) is 1.12. The summed E-state index contributed by atoms with van der Waals surface area (Å²) < 4.78 is 13.2. The third-order valence-corrected chi connectivity index (χ3v) is 3.52. The summed E-state index contributed by atoms with van der Waals surface area (Å²) in [6.07, 6.45) is 2.14. The minimum atomic E-state index is -0.420. The lowest BCUT2D eigenvalue weighted by molar-refractivity contribution is 0.417. The van der Waals surface area contributed by atoms with E-state index < -0.39 is 5.82 Å². The summed E-state index contributed by atoms with van der Waals surface area (Å²) in [7, 11) is 0. The minimum absolute atomic E-state index is 0.314. The maximum atomic E-state index is 13.2. The average Bonchev–Trinajstić information content (AvgIpc) is 2.90. The monoisotopic (exact) mass is 263 g/mol. The molecule has 3 nitrogen and oxygen atoms in total. The van der Waals surface area contributed by atoms with Gasteiger partial charge >= 0.3 is 0 Å². The Morgan fingerprint density at radius 1 is 1.05 bits per heavy atom. The van der Waals surface area contributed by atoms with Crippen LogP contribution in [-0.2, 0) is 13.1 Å². The van der Waals surface area contributed by atoms with Gasteiger partial charge in [-0.25, -0.2) is 4.39 Å². The Morgan fingerprint density at radius 3 is 2.65 bits per heavy atom. The number of halogens is 1. The second-order valence-corrected chi connectivity index (χ2v) is 4.70. The van der Waals surface area contributed by atoms with Crippen LogP contribution in [0.5, 0.6) is 0 Å². The predicted molar refractivity (Wildman–Crippen MR) is 71.4 cm³/mol. The highest BCUT2D eigenvalue weighted by Gasteiger charge is 2.22. The van der Waals surface area contributed by atoms with Gasteiger partial charge in [-0.1, -0.05) is 24.3 Å². The molecule has 0 atom stereocenters. The Kier molecular flexibility index (Phi) is 2.85. The van der Waals surface area contributed by atoms with E-state index in [9.17, 15) is 9.65 Å². The van der Waals surface area contributed by atoms with Crippen LogP contribution in [0.4, 0.5) is 4.39 Å². The number of hydrogen-bond acceptors (Lipinski definition) is 3. The van der Waals surface area contributed by atoms with E-state index in [1.54, 1.807) is 11.0 Å². The van der Waals surface area contributed by atoms with Crippen molar-refractivity contribution >= 4 is 0 Å². The normalized spacial score (nSPS) is 12.7. The largest absolute Gasteiger partial charge is 0.302 e. The number of hydrogen-bond donors (Lipinski definition) is 0. The van der Waals surface area contributed by atoms with Crippen LogP contribution < -0.4 is 0 Å². The molecule has 0 unspecified atom stereocenters. The van der Waals surface area contributed by atoms with E-state index in [4.69, 9.17) is 5.26 Å². The fraction of sp³-hybridized carbons (Fsp3) is 0.125. The molecular weight excluding hydrogens is 253 g/mol. The van der Waals surface area contributed by atoms with E-state index in [1.807, 2.05) is 24.3 Å². The lowest BCUT2D eigenvalue weighted by Crippen LogP contribution is -2.07. The molecular formula is C16H10FN3. The molecule has 0 aliphatic carbocycles. The van der Waals surface area contributed by atoms with Crippen LogP contribution >= 0.6 is 0 Å². The van der Waals surface area contributed by atoms with Gasteiger partial charge in [0.2, 0.25) is 0 Å². The van der Waals surface area contributed by atoms with Gasteiger partial charge in [0.25, 0.3) is 0 Å². The molecule has 96 valence electrons. The number of rotatable bonds is 1. The van der Waals surface area contributed by atoms with Crippen LogP contribution in [0.1, 0.15) is 16.7 Å². The Labute approximate surface area is 116 Å². The molecule has 1 aliphatic heterocycles. The van der Waals surface area contributed by atoms with E-state index in [1.165, 1.54) is 12.1 Å². The molecule has 0 bridgehead atoms. The Balaban J connectivity index is 2.17. The van der Waals surface area contributed by atoms with E-state index in [-0.39, 0.29) is 0 Å². The topological polar surface area (TPSA) is 50.8 Å². The number of nitriles is 2. The van der Waals surface area contributed by atoms with Crippen LogP contribution in [0.2, 0.25) is 0 Å². The zero-order valence-corrected chi connectivity index (χ0v) is 10.6. The van der Waals surface area contributed by atoms with Gasteiger partial charge < -0.3 is 4.90 Å². The first-order chi connectivity index (χ1) is 9.72. The molecule has 0 saturated carbocycles. The van der Waals surface area contributed by atoms with Gasteiger partial charge in [0, 0.05) is 0 Å². The fourth-order valence-electron chi connectivity index (χ4n) is 2.59. The zero-order valence-electron chi connectivity index (χ0n) is 10.6. The van der Waals surface area contributed by atoms with Crippen molar-refractivity contribution in [1.29, 1.82) is 10.5 Å². The first-order valence-corrected chi connectivity index (χ1v) is 6.18. The first-order valence-electron chi connectivity index (χ1n) is 6.18. The molecule has 1 heterocycles. The van der Waals surface area contributed by atoms with Gasteiger partial charge in [0.1, 0.15) is 5.82 Å². The van der Waals surface area contributed by atoms with Crippen molar-refractivity contribution < 1.29 is 4.39 Å². The molecule has 0 spiro atoms. The summed E-state index contributed by atoms with van der Waals surface area (Å²) in [5, 5.41) is 18.2. The summed E-state index contributed by atoms with van der Waals surface area (Å²) in [5.74, 6) is -0.420. The molecule has 2 aromatic carbocycles. The van der Waals surface area contributed by atoms with Gasteiger partial charge in [-0.2, -0.15) is 10.5 Å². The van der Waals surface area contributed by atoms with Crippen molar-refractivity contribution in [3.63, 3.8) is 0 Å². The average molecular weight is 263 g/mol. The summed E-state index contributed by atoms with van der Waals surface area (Å²) in [4.78, 5) is 1.66. The van der Waals surface area contributed by atoms with Crippen LogP contribution in [0, 0.1) is 28.6 Å². The third-order valence-electron chi connectivity index (χ3n) is 3.52. The van der Waals surface area contributed by atoms with Crippen molar-refractivity contribution in [2.75, 3.05) is 0 Å². The summed E-state index contributed by atoms with van der Waals surface area (Å²) in [5.41, 5.74) is 4.05. The molecule has 0 N–H and O–H groups in total. The third kappa shape index (κ3) is 1.88. The van der Waals surface area contributed by atoms with E-state index in [2.05, 4.69) is 6.19 Å². The first kappa shape index (κ1) is 12.2. The highest BCUT2D eigenvalue weighted by molar-refractivity contribution is 5.74. The maximum Gasteiger partial charge on any atom is 0.179 e. The van der Waals surface area contributed by atoms with Crippen LogP contribution in [0.25, 0.3) is 11.1 Å². The van der Waals surface area contributed by atoms with E-state index in [0.29, 0.717) is 24.2 Å². The second-order valence-electron chi connectivity index (χ2n) is 4.70. The van der Waals surface area contributed by atoms with Gasteiger partial charge in [-0.15, -0.1) is 0 Å². The molecule has 0 aromatic heterocycles. The van der Waals surface area contributed by atoms with E-state index in [0.717, 1.165) is 16.7 Å². The molecule has 0 radical (unpaired) electrons. The molecule has 2 aromatic rings. The lowest BCUT2D eigenvalue weighted by atomic mass is 9.94. The van der Waals surface area contributed by atoms with Crippen molar-refractivity contribution in [3.05, 3.63) is 58.9 Å². The minimum Gasteiger partial charge on any atom is -0.302 e. The Morgan fingerprint density at radius 2 is 1.90 bits per heavy atom. The second kappa shape index (κ2) is 4.68. The van der Waals surface area contributed by atoms with Gasteiger partial charge in [-0.05, 0) is 34.4 Å². The number of nitrogens with zero attached hydrogens (tertiary/aromatic N) is 3. The number of fused-ring (bicyclic) bond motifs is 1. The van der Waals surface area contributed by atoms with Gasteiger partial charge in [-0.3, -0.25) is 0 Å². The lowest BCUT2D eigenvalue weighted by Gasteiger charge is -2.10. The molecule has 20 heavy (non-hydrogen) atoms. The maximum absolute atomic E-state index is 13.2. The fourth-order valence-corrected chi connectivity index (χ4v) is 2.59. The molecule has 0 saturated heterocycles. The molecule has 0 amide bonds. The quantitative estimate of drug-likeness (QED) is 0.742. The van der Waals surface area contributed by atoms with Crippen LogP contribution in [-0.4, -0.2) is 4.90 Å². The standard InChI is InChI=1S/C16H10FN3/c17-13-4-5-14(12(6-13)7-18)15-3-1-2-11-8-20(10-19)9-16(11)15/h1-6H,8-9H2. The van der Waals surface area contributed by atoms with Crippen molar-refractivity contribution in [3.8, 4) is 23.4 Å². The highest BCUT2D eigenvalue weighted by Crippen LogP contribution is 2.34. The zero-order chi connectivity index (χ0) is 14.1. The predicted octanol–water partition coefficient (Wildman–Crippen LogP) is 3.16. The van der Waals surface area contributed by atoms with E-state index >= 15 is 0 Å². The van der Waals surface area contributed by atoms with Crippen molar-refractivity contribution in [2.24, 2.45) is 0 Å². The molecule has 3 rings (SSSR count).